The Kier molecular flexibility index (Phi) is 13.4. The maximum atomic E-state index is 11.1. The summed E-state index contributed by atoms with van der Waals surface area (Å²) in [6.07, 6.45) is 0. The third kappa shape index (κ3) is 12.6. The monoisotopic (exact) mass is 476 g/mol. The second-order valence-electron chi connectivity index (χ2n) is 6.57. The van der Waals surface area contributed by atoms with E-state index in [0.29, 0.717) is 11.1 Å². The number of carboxylic acid groups (broad SMARTS) is 2. The van der Waals surface area contributed by atoms with Gasteiger partial charge in [0.2, 0.25) is 5.24 Å². The molecule has 2 aromatic carbocycles. The number of aliphatic hydroxyl groups is 1. The lowest BCUT2D eigenvalue weighted by Gasteiger charge is -2.04. The molecule has 8 nitrogen and oxygen atoms in total. The van der Waals surface area contributed by atoms with E-state index >= 15 is 0 Å². The predicted octanol–water partition coefficient (Wildman–Crippen LogP) is 4.21. The van der Waals surface area contributed by atoms with E-state index in [1.54, 1.807) is 38.1 Å². The summed E-state index contributed by atoms with van der Waals surface area (Å²) >= 11 is 4.87. The first-order chi connectivity index (χ1) is 15.4. The van der Waals surface area contributed by atoms with E-state index in [-0.39, 0.29) is 24.3 Å². The second-order valence-corrected chi connectivity index (χ2v) is 6.92. The summed E-state index contributed by atoms with van der Waals surface area (Å²) in [7, 11) is 0. The maximum absolute atomic E-state index is 11.1. The summed E-state index contributed by atoms with van der Waals surface area (Å²) in [5, 5.41) is 25.3. The van der Waals surface area contributed by atoms with Gasteiger partial charge in [-0.05, 0) is 60.8 Å². The standard InChI is InChI=1S/C12H12O4.C8H8O3.C4H5ClO/c1-8(2)12(15)16-7-9-3-5-10(6-4-9)11(13)14;9-5-6-1-3-7(4-2-6)8(10)11;1-3(2)4(5)6/h3-6H,1,7H2,2H3,(H,13,14);1-4,9H,5H2,(H,10,11);1H2,2H3. The van der Waals surface area contributed by atoms with Crippen molar-refractivity contribution in [1.82, 2.24) is 0 Å². The van der Waals surface area contributed by atoms with Gasteiger partial charge in [-0.1, -0.05) is 37.4 Å². The molecule has 2 aromatic rings. The van der Waals surface area contributed by atoms with E-state index in [4.69, 9.17) is 31.7 Å². The average molecular weight is 477 g/mol. The molecule has 0 heterocycles. The van der Waals surface area contributed by atoms with Gasteiger partial charge in [-0.25, -0.2) is 14.4 Å². The van der Waals surface area contributed by atoms with Crippen molar-refractivity contribution >= 4 is 34.8 Å². The lowest BCUT2D eigenvalue weighted by Crippen LogP contribution is -2.05. The molecule has 0 aromatic heterocycles. The molecule has 0 atom stereocenters. The molecule has 0 fully saturated rings. The molecule has 0 radical (unpaired) electrons. The second kappa shape index (κ2) is 15.1. The number of halogens is 1. The van der Waals surface area contributed by atoms with Gasteiger partial charge in [0.1, 0.15) is 6.61 Å². The van der Waals surface area contributed by atoms with E-state index in [2.05, 4.69) is 13.2 Å². The highest BCUT2D eigenvalue weighted by Gasteiger charge is 2.05. The topological polar surface area (TPSA) is 138 Å². The van der Waals surface area contributed by atoms with E-state index in [1.807, 2.05) is 0 Å². The van der Waals surface area contributed by atoms with Crippen LogP contribution in [0.3, 0.4) is 0 Å². The number of rotatable bonds is 7. The molecule has 0 saturated carbocycles. The van der Waals surface area contributed by atoms with Gasteiger partial charge in [0.25, 0.3) is 0 Å². The van der Waals surface area contributed by atoms with E-state index in [9.17, 15) is 19.2 Å². The van der Waals surface area contributed by atoms with E-state index < -0.39 is 23.2 Å². The Balaban J connectivity index is 0.000000520. The molecule has 0 saturated heterocycles. The van der Waals surface area contributed by atoms with Crippen LogP contribution in [0.4, 0.5) is 0 Å². The van der Waals surface area contributed by atoms with Gasteiger partial charge in [-0.15, -0.1) is 0 Å². The van der Waals surface area contributed by atoms with Crippen LogP contribution in [-0.2, 0) is 27.5 Å². The van der Waals surface area contributed by atoms with Gasteiger partial charge >= 0.3 is 17.9 Å². The first-order valence-electron chi connectivity index (χ1n) is 9.32. The number of hydrogen-bond acceptors (Lipinski definition) is 6. The summed E-state index contributed by atoms with van der Waals surface area (Å²) in [6, 6.07) is 12.2. The maximum Gasteiger partial charge on any atom is 0.335 e. The number of benzene rings is 2. The molecule has 0 bridgehead atoms. The van der Waals surface area contributed by atoms with E-state index in [1.165, 1.54) is 24.3 Å². The van der Waals surface area contributed by atoms with Crippen molar-refractivity contribution in [3.05, 3.63) is 95.1 Å². The highest BCUT2D eigenvalue weighted by Crippen LogP contribution is 2.07. The van der Waals surface area contributed by atoms with Crippen LogP contribution in [-0.4, -0.2) is 38.5 Å². The Bertz CT molecular complexity index is 980. The number of carboxylic acids is 2. The lowest BCUT2D eigenvalue weighted by molar-refractivity contribution is -0.140. The molecule has 0 aliphatic carbocycles. The minimum Gasteiger partial charge on any atom is -0.478 e. The smallest absolute Gasteiger partial charge is 0.335 e. The number of aliphatic hydroxyl groups excluding tert-OH is 1. The lowest BCUT2D eigenvalue weighted by atomic mass is 10.1. The van der Waals surface area contributed by atoms with Crippen LogP contribution in [0.2, 0.25) is 0 Å². The first-order valence-corrected chi connectivity index (χ1v) is 9.70. The van der Waals surface area contributed by atoms with Gasteiger partial charge in [0.05, 0.1) is 17.7 Å². The molecular formula is C24H25ClO8. The predicted molar refractivity (Wildman–Crippen MR) is 123 cm³/mol. The Morgan fingerprint density at radius 3 is 1.42 bits per heavy atom. The molecule has 176 valence electrons. The fourth-order valence-corrected chi connectivity index (χ4v) is 1.77. The number of carbonyl (C=O) groups is 4. The number of allylic oxidation sites excluding steroid dienone is 1. The summed E-state index contributed by atoms with van der Waals surface area (Å²) in [5.41, 5.74) is 2.62. The van der Waals surface area contributed by atoms with Crippen LogP contribution in [0, 0.1) is 0 Å². The Hall–Kier alpha value is -3.75. The van der Waals surface area contributed by atoms with Crippen molar-refractivity contribution in [2.75, 3.05) is 0 Å². The van der Waals surface area contributed by atoms with Gasteiger partial charge < -0.3 is 20.1 Å². The molecule has 0 aliphatic rings. The van der Waals surface area contributed by atoms with Crippen molar-refractivity contribution in [3.8, 4) is 0 Å². The zero-order chi connectivity index (χ0) is 25.6. The summed E-state index contributed by atoms with van der Waals surface area (Å²) < 4.78 is 4.90. The highest BCUT2D eigenvalue weighted by molar-refractivity contribution is 6.67. The van der Waals surface area contributed by atoms with Crippen molar-refractivity contribution < 1.29 is 39.2 Å². The zero-order valence-corrected chi connectivity index (χ0v) is 19.0. The van der Waals surface area contributed by atoms with Crippen LogP contribution in [0.5, 0.6) is 0 Å². The zero-order valence-electron chi connectivity index (χ0n) is 18.2. The third-order valence-electron chi connectivity index (χ3n) is 3.64. The highest BCUT2D eigenvalue weighted by atomic mass is 35.5. The Morgan fingerprint density at radius 2 is 1.15 bits per heavy atom. The molecule has 33 heavy (non-hydrogen) atoms. The Labute approximate surface area is 196 Å². The van der Waals surface area contributed by atoms with E-state index in [0.717, 1.165) is 11.1 Å². The van der Waals surface area contributed by atoms with Gasteiger partial charge in [0.15, 0.2) is 0 Å². The Morgan fingerprint density at radius 1 is 0.788 bits per heavy atom. The third-order valence-corrected chi connectivity index (χ3v) is 3.96. The quantitative estimate of drug-likeness (QED) is 0.307. The van der Waals surface area contributed by atoms with Crippen LogP contribution in [0.25, 0.3) is 0 Å². The van der Waals surface area contributed by atoms with Crippen molar-refractivity contribution in [1.29, 1.82) is 0 Å². The molecule has 0 aliphatic heterocycles. The van der Waals surface area contributed by atoms with Crippen LogP contribution < -0.4 is 0 Å². The average Bonchev–Trinajstić information content (AvgIpc) is 2.78. The summed E-state index contributed by atoms with van der Waals surface area (Å²) in [6.45, 7) is 9.92. The largest absolute Gasteiger partial charge is 0.478 e. The van der Waals surface area contributed by atoms with Gasteiger partial charge in [0, 0.05) is 11.1 Å². The van der Waals surface area contributed by atoms with Crippen LogP contribution in [0.1, 0.15) is 45.7 Å². The summed E-state index contributed by atoms with van der Waals surface area (Å²) in [4.78, 5) is 41.8. The molecule has 0 unspecified atom stereocenters. The minimum atomic E-state index is -0.981. The number of esters is 1. The summed E-state index contributed by atoms with van der Waals surface area (Å²) in [5.74, 6) is -2.39. The fourth-order valence-electron chi connectivity index (χ4n) is 1.77. The number of carbonyl (C=O) groups excluding carboxylic acids is 2. The SMILES string of the molecule is C=C(C)C(=O)Cl.C=C(C)C(=O)OCc1ccc(C(=O)O)cc1.O=C(O)c1ccc(CO)cc1. The van der Waals surface area contributed by atoms with Crippen molar-refractivity contribution in [2.24, 2.45) is 0 Å². The first kappa shape index (κ1) is 29.2. The van der Waals surface area contributed by atoms with Gasteiger partial charge in [-0.3, -0.25) is 4.79 Å². The number of hydrogen-bond donors (Lipinski definition) is 3. The molecule has 2 rings (SSSR count). The minimum absolute atomic E-state index is 0.0557. The van der Waals surface area contributed by atoms with Crippen molar-refractivity contribution in [3.63, 3.8) is 0 Å². The molecule has 0 spiro atoms. The normalized spacial score (nSPS) is 9.21. The van der Waals surface area contributed by atoms with Crippen molar-refractivity contribution in [2.45, 2.75) is 27.1 Å². The number of ether oxygens (including phenoxy) is 1. The molecule has 9 heteroatoms. The fraction of sp³-hybridized carbons (Fsp3) is 0.167. The number of aromatic carboxylic acids is 2. The van der Waals surface area contributed by atoms with Crippen LogP contribution >= 0.6 is 11.6 Å². The van der Waals surface area contributed by atoms with Gasteiger partial charge in [-0.2, -0.15) is 0 Å². The van der Waals surface area contributed by atoms with Crippen LogP contribution in [0.15, 0.2) is 72.8 Å². The molecule has 0 amide bonds. The molecule has 3 N–H and O–H groups in total. The molecular weight excluding hydrogens is 452 g/mol.